The van der Waals surface area contributed by atoms with Crippen molar-refractivity contribution in [1.82, 2.24) is 9.38 Å². The number of halogens is 1. The second kappa shape index (κ2) is 6.64. The lowest BCUT2D eigenvalue weighted by Gasteiger charge is -2.27. The normalized spacial score (nSPS) is 16.0. The van der Waals surface area contributed by atoms with Crippen LogP contribution in [0.15, 0.2) is 46.7 Å². The summed E-state index contributed by atoms with van der Waals surface area (Å²) in [4.78, 5) is 29.9. The molecule has 3 aromatic rings. The van der Waals surface area contributed by atoms with Gasteiger partial charge in [0.05, 0.1) is 11.1 Å². The van der Waals surface area contributed by atoms with E-state index >= 15 is 0 Å². The first-order chi connectivity index (χ1) is 12.6. The number of aromatic nitrogens is 2. The van der Waals surface area contributed by atoms with E-state index in [4.69, 9.17) is 4.74 Å². The standard InChI is InChI=1S/C19H17FN2O3S/c20-14-5-3-13(4-6-14)19(7-1-2-8-19)17(24)25-12-15-11-16(23)22-9-10-26-18(22)21-15/h3-6,9-11H,1-2,7-8,12H2. The number of fused-ring (bicyclic) bond motifs is 1. The Morgan fingerprint density at radius 3 is 2.73 bits per heavy atom. The van der Waals surface area contributed by atoms with E-state index in [1.54, 1.807) is 23.7 Å². The van der Waals surface area contributed by atoms with Crippen LogP contribution in [0.25, 0.3) is 4.96 Å². The Morgan fingerprint density at radius 1 is 1.27 bits per heavy atom. The second-order valence-electron chi connectivity index (χ2n) is 6.51. The molecule has 1 saturated carbocycles. The summed E-state index contributed by atoms with van der Waals surface area (Å²) in [5, 5.41) is 1.78. The maximum Gasteiger partial charge on any atom is 0.316 e. The van der Waals surface area contributed by atoms with Gasteiger partial charge in [-0.3, -0.25) is 14.0 Å². The fraction of sp³-hybridized carbons (Fsp3) is 0.316. The highest BCUT2D eigenvalue weighted by atomic mass is 32.1. The second-order valence-corrected chi connectivity index (χ2v) is 7.39. The number of esters is 1. The number of carbonyl (C=O) groups is 1. The molecule has 0 saturated heterocycles. The van der Waals surface area contributed by atoms with Gasteiger partial charge < -0.3 is 4.74 Å². The number of ether oxygens (including phenoxy) is 1. The Hall–Kier alpha value is -2.54. The van der Waals surface area contributed by atoms with Crippen molar-refractivity contribution in [2.24, 2.45) is 0 Å². The van der Waals surface area contributed by atoms with Crippen molar-refractivity contribution in [2.75, 3.05) is 0 Å². The minimum Gasteiger partial charge on any atom is -0.458 e. The molecule has 2 aromatic heterocycles. The Bertz CT molecular complexity index is 1000. The maximum absolute atomic E-state index is 13.3. The zero-order chi connectivity index (χ0) is 18.1. The van der Waals surface area contributed by atoms with Crippen LogP contribution in [-0.4, -0.2) is 15.4 Å². The lowest BCUT2D eigenvalue weighted by atomic mass is 9.79. The predicted octanol–water partition coefficient (Wildman–Crippen LogP) is 3.45. The molecule has 0 aliphatic heterocycles. The topological polar surface area (TPSA) is 60.7 Å². The van der Waals surface area contributed by atoms with Crippen LogP contribution >= 0.6 is 11.3 Å². The first-order valence-corrected chi connectivity index (χ1v) is 9.35. The number of rotatable bonds is 4. The van der Waals surface area contributed by atoms with E-state index in [0.29, 0.717) is 23.5 Å². The van der Waals surface area contributed by atoms with Gasteiger partial charge in [-0.1, -0.05) is 25.0 Å². The third-order valence-corrected chi connectivity index (χ3v) is 5.71. The van der Waals surface area contributed by atoms with Gasteiger partial charge >= 0.3 is 5.97 Å². The summed E-state index contributed by atoms with van der Waals surface area (Å²) in [6, 6.07) is 7.44. The van der Waals surface area contributed by atoms with Gasteiger partial charge in [-0.15, -0.1) is 11.3 Å². The quantitative estimate of drug-likeness (QED) is 0.658. The van der Waals surface area contributed by atoms with Gasteiger partial charge in [0.25, 0.3) is 5.56 Å². The summed E-state index contributed by atoms with van der Waals surface area (Å²) in [5.74, 6) is -0.668. The summed E-state index contributed by atoms with van der Waals surface area (Å²) >= 11 is 1.35. The molecule has 0 amide bonds. The molecule has 0 atom stereocenters. The number of hydrogen-bond donors (Lipinski definition) is 0. The Kier molecular flexibility index (Phi) is 4.32. The van der Waals surface area contributed by atoms with E-state index in [2.05, 4.69) is 4.98 Å². The van der Waals surface area contributed by atoms with Crippen molar-refractivity contribution in [3.63, 3.8) is 0 Å². The van der Waals surface area contributed by atoms with Crippen LogP contribution in [0, 0.1) is 5.82 Å². The third kappa shape index (κ3) is 2.92. The zero-order valence-corrected chi connectivity index (χ0v) is 14.8. The van der Waals surface area contributed by atoms with Crippen LogP contribution in [0.4, 0.5) is 4.39 Å². The predicted molar refractivity (Wildman–Crippen MR) is 95.7 cm³/mol. The summed E-state index contributed by atoms with van der Waals surface area (Å²) in [7, 11) is 0. The van der Waals surface area contributed by atoms with Gasteiger partial charge in [-0.2, -0.15) is 0 Å². The van der Waals surface area contributed by atoms with Crippen molar-refractivity contribution in [3.05, 3.63) is 69.3 Å². The molecular weight excluding hydrogens is 355 g/mol. The van der Waals surface area contributed by atoms with E-state index in [1.165, 1.54) is 33.9 Å². The number of thiazole rings is 1. The molecule has 4 rings (SSSR count). The van der Waals surface area contributed by atoms with Gasteiger partial charge in [0.15, 0.2) is 4.96 Å². The fourth-order valence-electron chi connectivity index (χ4n) is 3.60. The summed E-state index contributed by atoms with van der Waals surface area (Å²) in [6.45, 7) is -0.0502. The van der Waals surface area contributed by atoms with E-state index in [9.17, 15) is 14.0 Å². The molecule has 0 spiro atoms. The molecule has 2 heterocycles. The van der Waals surface area contributed by atoms with Crippen LogP contribution in [0.3, 0.4) is 0 Å². The van der Waals surface area contributed by atoms with Crippen LogP contribution in [0.5, 0.6) is 0 Å². The molecule has 134 valence electrons. The van der Waals surface area contributed by atoms with E-state index in [1.807, 2.05) is 0 Å². The minimum atomic E-state index is -0.740. The number of nitrogens with zero attached hydrogens (tertiary/aromatic N) is 2. The molecule has 0 unspecified atom stereocenters. The smallest absolute Gasteiger partial charge is 0.316 e. The van der Waals surface area contributed by atoms with Gasteiger partial charge in [-0.05, 0) is 30.5 Å². The lowest BCUT2D eigenvalue weighted by Crippen LogP contribution is -2.34. The Balaban J connectivity index is 1.57. The average molecular weight is 372 g/mol. The molecule has 1 aromatic carbocycles. The zero-order valence-electron chi connectivity index (χ0n) is 14.0. The number of benzene rings is 1. The largest absolute Gasteiger partial charge is 0.458 e. The van der Waals surface area contributed by atoms with Crippen LogP contribution in [0.1, 0.15) is 36.9 Å². The summed E-state index contributed by atoms with van der Waals surface area (Å²) < 4.78 is 20.2. The highest BCUT2D eigenvalue weighted by Gasteiger charge is 2.44. The molecule has 1 aliphatic carbocycles. The van der Waals surface area contributed by atoms with Crippen molar-refractivity contribution >= 4 is 22.3 Å². The molecule has 0 bridgehead atoms. The highest BCUT2D eigenvalue weighted by molar-refractivity contribution is 7.15. The first kappa shape index (κ1) is 16.9. The van der Waals surface area contributed by atoms with Crippen molar-refractivity contribution < 1.29 is 13.9 Å². The van der Waals surface area contributed by atoms with Crippen LogP contribution < -0.4 is 5.56 Å². The van der Waals surface area contributed by atoms with E-state index in [-0.39, 0.29) is 24.0 Å². The SMILES string of the molecule is O=C(OCc1cc(=O)n2ccsc2n1)C1(c2ccc(F)cc2)CCCC1. The number of hydrogen-bond acceptors (Lipinski definition) is 5. The maximum atomic E-state index is 13.3. The summed E-state index contributed by atoms with van der Waals surface area (Å²) in [6.07, 6.45) is 4.86. The Labute approximate surface area is 153 Å². The van der Waals surface area contributed by atoms with E-state index in [0.717, 1.165) is 18.4 Å². The molecule has 26 heavy (non-hydrogen) atoms. The molecule has 1 aliphatic rings. The summed E-state index contributed by atoms with van der Waals surface area (Å²) in [5.41, 5.74) is 0.271. The molecule has 7 heteroatoms. The van der Waals surface area contributed by atoms with Crippen LogP contribution in [0.2, 0.25) is 0 Å². The molecule has 0 N–H and O–H groups in total. The van der Waals surface area contributed by atoms with E-state index < -0.39 is 5.41 Å². The number of carbonyl (C=O) groups excluding carboxylic acids is 1. The third-order valence-electron chi connectivity index (χ3n) is 4.95. The van der Waals surface area contributed by atoms with Gasteiger partial charge in [-0.25, -0.2) is 9.37 Å². The van der Waals surface area contributed by atoms with Crippen LogP contribution in [-0.2, 0) is 21.6 Å². The molecule has 1 fully saturated rings. The van der Waals surface area contributed by atoms with Gasteiger partial charge in [0.2, 0.25) is 0 Å². The van der Waals surface area contributed by atoms with Crippen molar-refractivity contribution in [2.45, 2.75) is 37.7 Å². The van der Waals surface area contributed by atoms with Gasteiger partial charge in [0.1, 0.15) is 12.4 Å². The van der Waals surface area contributed by atoms with Gasteiger partial charge in [0, 0.05) is 17.6 Å². The monoisotopic (exact) mass is 372 g/mol. The molecular formula is C19H17FN2O3S. The first-order valence-electron chi connectivity index (χ1n) is 8.48. The van der Waals surface area contributed by atoms with Crippen molar-refractivity contribution in [3.8, 4) is 0 Å². The minimum absolute atomic E-state index is 0.0502. The average Bonchev–Trinajstić information content (AvgIpc) is 3.30. The lowest BCUT2D eigenvalue weighted by molar-refractivity contribution is -0.152. The van der Waals surface area contributed by atoms with Crippen molar-refractivity contribution in [1.29, 1.82) is 0 Å². The Morgan fingerprint density at radius 2 is 2.00 bits per heavy atom. The molecule has 5 nitrogen and oxygen atoms in total. The molecule has 0 radical (unpaired) electrons. The fourth-order valence-corrected chi connectivity index (χ4v) is 4.34. The highest BCUT2D eigenvalue weighted by Crippen LogP contribution is 2.42.